The van der Waals surface area contributed by atoms with E-state index in [0.29, 0.717) is 33.3 Å². The number of halogens is 1. The highest BCUT2D eigenvalue weighted by molar-refractivity contribution is 6.31. The summed E-state index contributed by atoms with van der Waals surface area (Å²) >= 11 is 6.02. The van der Waals surface area contributed by atoms with Crippen LogP contribution >= 0.6 is 11.6 Å². The molecule has 2 aromatic rings. The first-order valence-corrected chi connectivity index (χ1v) is 8.25. The van der Waals surface area contributed by atoms with Gasteiger partial charge in [0.15, 0.2) is 22.9 Å². The molecule has 1 atom stereocenters. The number of aliphatic hydroxyl groups is 1. The number of methoxy groups -OCH3 is 2. The predicted molar refractivity (Wildman–Crippen MR) is 97.3 cm³/mol. The van der Waals surface area contributed by atoms with Gasteiger partial charge in [-0.2, -0.15) is 0 Å². The number of fused-ring (bicyclic) bond motifs is 1. The topological polar surface area (TPSA) is 76.1 Å². The van der Waals surface area contributed by atoms with E-state index < -0.39 is 23.7 Å². The van der Waals surface area contributed by atoms with Crippen molar-refractivity contribution >= 4 is 29.0 Å². The zero-order chi connectivity index (χ0) is 19.1. The van der Waals surface area contributed by atoms with Crippen LogP contribution in [0.25, 0.3) is 0 Å². The van der Waals surface area contributed by atoms with Crippen molar-refractivity contribution in [3.63, 3.8) is 0 Å². The summed E-state index contributed by atoms with van der Waals surface area (Å²) < 4.78 is 10.4. The van der Waals surface area contributed by atoms with Crippen molar-refractivity contribution in [2.45, 2.75) is 12.0 Å². The van der Waals surface area contributed by atoms with Crippen LogP contribution in [-0.2, 0) is 10.4 Å². The first-order valence-electron chi connectivity index (χ1n) is 7.87. The SMILES string of the molecule is COc1ccc(C(=O)C[C@]2(O)C(=O)N(C)c3ccc(Cl)cc32)cc1OC. The van der Waals surface area contributed by atoms with Crippen LogP contribution in [0.3, 0.4) is 0 Å². The van der Waals surface area contributed by atoms with Crippen LogP contribution in [0, 0.1) is 0 Å². The summed E-state index contributed by atoms with van der Waals surface area (Å²) in [5.74, 6) is -0.0909. The third kappa shape index (κ3) is 2.81. The van der Waals surface area contributed by atoms with Crippen LogP contribution in [0.5, 0.6) is 11.5 Å². The van der Waals surface area contributed by atoms with E-state index in [4.69, 9.17) is 21.1 Å². The van der Waals surface area contributed by atoms with Gasteiger partial charge in [0.1, 0.15) is 0 Å². The molecule has 0 unspecified atom stereocenters. The molecule has 26 heavy (non-hydrogen) atoms. The number of ketones is 1. The van der Waals surface area contributed by atoms with Crippen LogP contribution in [0.1, 0.15) is 22.3 Å². The molecule has 0 aliphatic carbocycles. The number of carbonyl (C=O) groups excluding carboxylic acids is 2. The van der Waals surface area contributed by atoms with E-state index in [-0.39, 0.29) is 0 Å². The van der Waals surface area contributed by atoms with Gasteiger partial charge in [-0.05, 0) is 36.4 Å². The number of anilines is 1. The second-order valence-electron chi connectivity index (χ2n) is 6.06. The van der Waals surface area contributed by atoms with Crippen LogP contribution in [0.2, 0.25) is 5.02 Å². The van der Waals surface area contributed by atoms with E-state index in [9.17, 15) is 14.7 Å². The van der Waals surface area contributed by atoms with Gasteiger partial charge in [-0.25, -0.2) is 0 Å². The van der Waals surface area contributed by atoms with Crippen molar-refractivity contribution in [1.29, 1.82) is 0 Å². The summed E-state index contributed by atoms with van der Waals surface area (Å²) in [5, 5.41) is 11.4. The van der Waals surface area contributed by atoms with Gasteiger partial charge < -0.3 is 19.5 Å². The summed E-state index contributed by atoms with van der Waals surface area (Å²) in [6.45, 7) is 0. The zero-order valence-electron chi connectivity index (χ0n) is 14.6. The summed E-state index contributed by atoms with van der Waals surface area (Å²) in [4.78, 5) is 26.7. The quantitative estimate of drug-likeness (QED) is 0.813. The molecule has 1 heterocycles. The third-order valence-corrected chi connectivity index (χ3v) is 4.78. The number of amides is 1. The molecule has 0 bridgehead atoms. The number of Topliss-reactive ketones (excluding diaryl/α,β-unsaturated/α-hetero) is 1. The minimum atomic E-state index is -1.96. The Morgan fingerprint density at radius 1 is 1.15 bits per heavy atom. The number of hydrogen-bond acceptors (Lipinski definition) is 5. The van der Waals surface area contributed by atoms with Gasteiger partial charge in [-0.15, -0.1) is 0 Å². The monoisotopic (exact) mass is 375 g/mol. The highest BCUT2D eigenvalue weighted by Crippen LogP contribution is 2.43. The Hall–Kier alpha value is -2.57. The lowest BCUT2D eigenvalue weighted by Gasteiger charge is -2.21. The minimum absolute atomic E-state index is 0.307. The molecular formula is C19H18ClNO5. The maximum absolute atomic E-state index is 12.8. The molecule has 0 spiro atoms. The maximum Gasteiger partial charge on any atom is 0.263 e. The van der Waals surface area contributed by atoms with Crippen molar-refractivity contribution in [3.05, 3.63) is 52.5 Å². The number of carbonyl (C=O) groups is 2. The van der Waals surface area contributed by atoms with E-state index in [2.05, 4.69) is 0 Å². The molecule has 1 amide bonds. The van der Waals surface area contributed by atoms with E-state index >= 15 is 0 Å². The summed E-state index contributed by atoms with van der Waals surface area (Å²) in [7, 11) is 4.51. The lowest BCUT2D eigenvalue weighted by Crippen LogP contribution is -2.40. The first kappa shape index (κ1) is 18.2. The van der Waals surface area contributed by atoms with Gasteiger partial charge in [0.2, 0.25) is 0 Å². The summed E-state index contributed by atoms with van der Waals surface area (Å²) in [6, 6.07) is 9.48. The Morgan fingerprint density at radius 2 is 1.85 bits per heavy atom. The van der Waals surface area contributed by atoms with Crippen molar-refractivity contribution in [2.75, 3.05) is 26.2 Å². The Bertz CT molecular complexity index is 897. The van der Waals surface area contributed by atoms with Crippen LogP contribution in [0.4, 0.5) is 5.69 Å². The second-order valence-corrected chi connectivity index (χ2v) is 6.49. The molecule has 1 aliphatic heterocycles. The molecule has 0 fully saturated rings. The lowest BCUT2D eigenvalue weighted by molar-refractivity contribution is -0.135. The highest BCUT2D eigenvalue weighted by Gasteiger charge is 2.49. The largest absolute Gasteiger partial charge is 0.493 e. The molecule has 0 aromatic heterocycles. The zero-order valence-corrected chi connectivity index (χ0v) is 15.3. The lowest BCUT2D eigenvalue weighted by atomic mass is 9.88. The molecule has 0 saturated heterocycles. The summed E-state index contributed by atoms with van der Waals surface area (Å²) in [6.07, 6.45) is -0.404. The molecule has 136 valence electrons. The first-order chi connectivity index (χ1) is 12.3. The number of ether oxygens (including phenoxy) is 2. The Kier molecular flexibility index (Phi) is 4.64. The van der Waals surface area contributed by atoms with E-state index in [0.717, 1.165) is 0 Å². The van der Waals surface area contributed by atoms with Crippen molar-refractivity contribution in [1.82, 2.24) is 0 Å². The fourth-order valence-corrected chi connectivity index (χ4v) is 3.32. The normalized spacial score (nSPS) is 18.7. The number of likely N-dealkylation sites (N-methyl/N-ethyl adjacent to an activating group) is 1. The standard InChI is InChI=1S/C19H18ClNO5/c1-21-14-6-5-12(20)9-13(14)19(24,18(21)23)10-15(22)11-4-7-16(25-2)17(8-11)26-3/h4-9,24H,10H2,1-3H3/t19-/m1/s1. The van der Waals surface area contributed by atoms with Gasteiger partial charge in [0.25, 0.3) is 5.91 Å². The van der Waals surface area contributed by atoms with Crippen molar-refractivity contribution < 1.29 is 24.2 Å². The van der Waals surface area contributed by atoms with Gasteiger partial charge in [0.05, 0.1) is 26.3 Å². The number of rotatable bonds is 5. The fraction of sp³-hybridized carbons (Fsp3) is 0.263. The van der Waals surface area contributed by atoms with Crippen LogP contribution < -0.4 is 14.4 Å². The predicted octanol–water partition coefficient (Wildman–Crippen LogP) is 2.79. The van der Waals surface area contributed by atoms with Crippen molar-refractivity contribution in [2.24, 2.45) is 0 Å². The molecule has 6 nitrogen and oxygen atoms in total. The van der Waals surface area contributed by atoms with Gasteiger partial charge in [-0.1, -0.05) is 11.6 Å². The molecule has 2 aromatic carbocycles. The average Bonchev–Trinajstić information content (AvgIpc) is 2.82. The van der Waals surface area contributed by atoms with E-state index in [1.165, 1.54) is 31.3 Å². The minimum Gasteiger partial charge on any atom is -0.493 e. The Labute approximate surface area is 155 Å². The number of nitrogens with zero attached hydrogens (tertiary/aromatic N) is 1. The highest BCUT2D eigenvalue weighted by atomic mass is 35.5. The molecular weight excluding hydrogens is 358 g/mol. The molecule has 0 saturated carbocycles. The number of benzene rings is 2. The third-order valence-electron chi connectivity index (χ3n) is 4.55. The second kappa shape index (κ2) is 6.63. The van der Waals surface area contributed by atoms with Gasteiger partial charge >= 0.3 is 0 Å². The van der Waals surface area contributed by atoms with Crippen molar-refractivity contribution in [3.8, 4) is 11.5 Å². The van der Waals surface area contributed by atoms with Gasteiger partial charge in [0, 0.05) is 23.2 Å². The van der Waals surface area contributed by atoms with E-state index in [1.807, 2.05) is 0 Å². The van der Waals surface area contributed by atoms with Crippen LogP contribution in [-0.4, -0.2) is 38.1 Å². The Balaban J connectivity index is 1.97. The van der Waals surface area contributed by atoms with E-state index in [1.54, 1.807) is 31.3 Å². The number of hydrogen-bond donors (Lipinski definition) is 1. The molecule has 1 aliphatic rings. The molecule has 1 N–H and O–H groups in total. The average molecular weight is 376 g/mol. The molecule has 3 rings (SSSR count). The molecule has 0 radical (unpaired) electrons. The Morgan fingerprint density at radius 3 is 2.50 bits per heavy atom. The fourth-order valence-electron chi connectivity index (χ4n) is 3.15. The van der Waals surface area contributed by atoms with Crippen LogP contribution in [0.15, 0.2) is 36.4 Å². The molecule has 7 heteroatoms. The maximum atomic E-state index is 12.8. The summed E-state index contributed by atoms with van der Waals surface area (Å²) in [5.41, 5.74) is -0.797. The van der Waals surface area contributed by atoms with Gasteiger partial charge in [-0.3, -0.25) is 9.59 Å². The smallest absolute Gasteiger partial charge is 0.263 e.